The van der Waals surface area contributed by atoms with Gasteiger partial charge >= 0.3 is 0 Å². The minimum absolute atomic E-state index is 0. The van der Waals surface area contributed by atoms with E-state index in [1.54, 1.807) is 19.2 Å². The van der Waals surface area contributed by atoms with Gasteiger partial charge in [-0.15, -0.1) is 12.4 Å². The maximum absolute atomic E-state index is 12.0. The first-order chi connectivity index (χ1) is 10.0. The lowest BCUT2D eigenvalue weighted by Crippen LogP contribution is -2.32. The SMILES string of the molecule is CNCC(=O)NCc1cccc(C(=O)NCCN(C)C)c1.Cl. The molecular formula is C15H25ClN4O2. The molecule has 3 N–H and O–H groups in total. The molecule has 0 atom stereocenters. The Labute approximate surface area is 138 Å². The molecule has 124 valence electrons. The average Bonchev–Trinajstić information content (AvgIpc) is 2.45. The maximum Gasteiger partial charge on any atom is 0.251 e. The topological polar surface area (TPSA) is 73.5 Å². The van der Waals surface area contributed by atoms with Crippen LogP contribution in [0.25, 0.3) is 0 Å². The highest BCUT2D eigenvalue weighted by molar-refractivity contribution is 5.94. The zero-order chi connectivity index (χ0) is 15.7. The van der Waals surface area contributed by atoms with Crippen LogP contribution in [0.4, 0.5) is 0 Å². The van der Waals surface area contributed by atoms with Crippen LogP contribution in [-0.4, -0.2) is 57.5 Å². The number of halogens is 1. The molecule has 0 spiro atoms. The molecule has 0 fully saturated rings. The molecule has 1 rings (SSSR count). The molecule has 0 aliphatic rings. The van der Waals surface area contributed by atoms with Gasteiger partial charge in [0.15, 0.2) is 0 Å². The van der Waals surface area contributed by atoms with Crippen LogP contribution in [0.1, 0.15) is 15.9 Å². The third-order valence-electron chi connectivity index (χ3n) is 2.86. The summed E-state index contributed by atoms with van der Waals surface area (Å²) in [6, 6.07) is 7.27. The number of carbonyl (C=O) groups is 2. The normalized spacial score (nSPS) is 10.0. The van der Waals surface area contributed by atoms with Crippen molar-refractivity contribution in [1.82, 2.24) is 20.9 Å². The first-order valence-electron chi connectivity index (χ1n) is 6.96. The number of amides is 2. The molecule has 0 saturated carbocycles. The van der Waals surface area contributed by atoms with Gasteiger partial charge in [0, 0.05) is 25.2 Å². The van der Waals surface area contributed by atoms with Crippen LogP contribution >= 0.6 is 12.4 Å². The molecule has 1 aromatic carbocycles. The Morgan fingerprint density at radius 2 is 1.91 bits per heavy atom. The van der Waals surface area contributed by atoms with Crippen molar-refractivity contribution >= 4 is 24.2 Å². The van der Waals surface area contributed by atoms with E-state index in [9.17, 15) is 9.59 Å². The summed E-state index contributed by atoms with van der Waals surface area (Å²) >= 11 is 0. The van der Waals surface area contributed by atoms with Crippen LogP contribution < -0.4 is 16.0 Å². The van der Waals surface area contributed by atoms with E-state index in [1.165, 1.54) is 0 Å². The third kappa shape index (κ3) is 7.97. The lowest BCUT2D eigenvalue weighted by Gasteiger charge is -2.11. The Hall–Kier alpha value is -1.63. The molecule has 22 heavy (non-hydrogen) atoms. The predicted molar refractivity (Wildman–Crippen MR) is 90.4 cm³/mol. The monoisotopic (exact) mass is 328 g/mol. The molecule has 1 aromatic rings. The fourth-order valence-electron chi connectivity index (χ4n) is 1.74. The maximum atomic E-state index is 12.0. The summed E-state index contributed by atoms with van der Waals surface area (Å²) in [4.78, 5) is 25.4. The zero-order valence-corrected chi connectivity index (χ0v) is 14.1. The van der Waals surface area contributed by atoms with Gasteiger partial charge in [-0.25, -0.2) is 0 Å². The van der Waals surface area contributed by atoms with E-state index in [4.69, 9.17) is 0 Å². The van der Waals surface area contributed by atoms with E-state index in [1.807, 2.05) is 31.1 Å². The first kappa shape index (κ1) is 20.4. The molecule has 6 nitrogen and oxygen atoms in total. The van der Waals surface area contributed by atoms with E-state index in [0.717, 1.165) is 12.1 Å². The van der Waals surface area contributed by atoms with Crippen LogP contribution in [0.5, 0.6) is 0 Å². The molecule has 2 amide bonds. The van der Waals surface area contributed by atoms with Gasteiger partial charge < -0.3 is 20.9 Å². The van der Waals surface area contributed by atoms with E-state index in [0.29, 0.717) is 18.7 Å². The molecule has 0 bridgehead atoms. The lowest BCUT2D eigenvalue weighted by atomic mass is 10.1. The van der Waals surface area contributed by atoms with Crippen molar-refractivity contribution in [3.05, 3.63) is 35.4 Å². The second-order valence-corrected chi connectivity index (χ2v) is 5.07. The van der Waals surface area contributed by atoms with Crippen molar-refractivity contribution in [2.24, 2.45) is 0 Å². The minimum Gasteiger partial charge on any atom is -0.351 e. The quantitative estimate of drug-likeness (QED) is 0.639. The third-order valence-corrected chi connectivity index (χ3v) is 2.86. The Morgan fingerprint density at radius 1 is 1.18 bits per heavy atom. The Bertz CT molecular complexity index is 480. The van der Waals surface area contributed by atoms with Crippen LogP contribution in [0.15, 0.2) is 24.3 Å². The Morgan fingerprint density at radius 3 is 2.55 bits per heavy atom. The number of hydrogen-bond donors (Lipinski definition) is 3. The highest BCUT2D eigenvalue weighted by atomic mass is 35.5. The highest BCUT2D eigenvalue weighted by Gasteiger charge is 2.06. The summed E-state index contributed by atoms with van der Waals surface area (Å²) in [5.41, 5.74) is 1.51. The van der Waals surface area contributed by atoms with Crippen LogP contribution in [-0.2, 0) is 11.3 Å². The van der Waals surface area contributed by atoms with Crippen molar-refractivity contribution in [3.63, 3.8) is 0 Å². The molecule has 0 aliphatic heterocycles. The number of hydrogen-bond acceptors (Lipinski definition) is 4. The van der Waals surface area contributed by atoms with Crippen molar-refractivity contribution in [1.29, 1.82) is 0 Å². The van der Waals surface area contributed by atoms with Crippen molar-refractivity contribution in [3.8, 4) is 0 Å². The fourth-order valence-corrected chi connectivity index (χ4v) is 1.74. The van der Waals surface area contributed by atoms with Gasteiger partial charge in [-0.1, -0.05) is 12.1 Å². The van der Waals surface area contributed by atoms with Gasteiger partial charge in [0.25, 0.3) is 5.91 Å². The van der Waals surface area contributed by atoms with Crippen LogP contribution in [0.2, 0.25) is 0 Å². The summed E-state index contributed by atoms with van der Waals surface area (Å²) in [7, 11) is 5.64. The molecule has 0 aliphatic carbocycles. The number of benzene rings is 1. The van der Waals surface area contributed by atoms with Gasteiger partial charge in [0.05, 0.1) is 6.54 Å². The molecule has 7 heteroatoms. The largest absolute Gasteiger partial charge is 0.351 e. The number of rotatable bonds is 8. The highest BCUT2D eigenvalue weighted by Crippen LogP contribution is 2.05. The van der Waals surface area contributed by atoms with E-state index < -0.39 is 0 Å². The summed E-state index contributed by atoms with van der Waals surface area (Å²) in [6.45, 7) is 2.10. The summed E-state index contributed by atoms with van der Waals surface area (Å²) in [5.74, 6) is -0.168. The second kappa shape index (κ2) is 11.0. The van der Waals surface area contributed by atoms with Gasteiger partial charge in [0.2, 0.25) is 5.91 Å². The number of nitrogens with zero attached hydrogens (tertiary/aromatic N) is 1. The molecule has 0 saturated heterocycles. The summed E-state index contributed by atoms with van der Waals surface area (Å²) < 4.78 is 0. The minimum atomic E-state index is -0.0970. The fraction of sp³-hybridized carbons (Fsp3) is 0.467. The molecular weight excluding hydrogens is 304 g/mol. The predicted octanol–water partition coefficient (Wildman–Crippen LogP) is 0.235. The van der Waals surface area contributed by atoms with Gasteiger partial charge in [-0.2, -0.15) is 0 Å². The summed E-state index contributed by atoms with van der Waals surface area (Å²) in [5, 5.41) is 8.43. The standard InChI is InChI=1S/C15H24N4O2.ClH/c1-16-11-14(20)18-10-12-5-4-6-13(9-12)15(21)17-7-8-19(2)3;/h4-6,9,16H,7-8,10-11H2,1-3H3,(H,17,21)(H,18,20);1H. The molecule has 0 unspecified atom stereocenters. The van der Waals surface area contributed by atoms with Crippen LogP contribution in [0, 0.1) is 0 Å². The second-order valence-electron chi connectivity index (χ2n) is 5.07. The average molecular weight is 329 g/mol. The molecule has 0 aromatic heterocycles. The van der Waals surface area contributed by atoms with Crippen molar-refractivity contribution in [2.75, 3.05) is 40.8 Å². The first-order valence-corrected chi connectivity index (χ1v) is 6.96. The van der Waals surface area contributed by atoms with Gasteiger partial charge in [-0.3, -0.25) is 9.59 Å². The van der Waals surface area contributed by atoms with Gasteiger partial charge in [-0.05, 0) is 38.8 Å². The smallest absolute Gasteiger partial charge is 0.251 e. The van der Waals surface area contributed by atoms with E-state index >= 15 is 0 Å². The summed E-state index contributed by atoms with van der Waals surface area (Å²) in [6.07, 6.45) is 0. The van der Waals surface area contributed by atoms with Crippen molar-refractivity contribution in [2.45, 2.75) is 6.54 Å². The van der Waals surface area contributed by atoms with Crippen molar-refractivity contribution < 1.29 is 9.59 Å². The lowest BCUT2D eigenvalue weighted by molar-refractivity contribution is -0.120. The zero-order valence-electron chi connectivity index (χ0n) is 13.3. The number of likely N-dealkylation sites (N-methyl/N-ethyl adjacent to an activating group) is 2. The number of carbonyl (C=O) groups excluding carboxylic acids is 2. The number of nitrogens with one attached hydrogen (secondary N) is 3. The van der Waals surface area contributed by atoms with E-state index in [2.05, 4.69) is 16.0 Å². The van der Waals surface area contributed by atoms with E-state index in [-0.39, 0.29) is 30.8 Å². The van der Waals surface area contributed by atoms with Gasteiger partial charge in [0.1, 0.15) is 0 Å². The van der Waals surface area contributed by atoms with Crippen LogP contribution in [0.3, 0.4) is 0 Å². The molecule has 0 radical (unpaired) electrons. The Kier molecular flexibility index (Phi) is 10.2. The molecule has 0 heterocycles. The Balaban J connectivity index is 0.00000441.